The van der Waals surface area contributed by atoms with E-state index in [9.17, 15) is 8.78 Å². The fraction of sp³-hybridized carbons (Fsp3) is 0.700. The number of hydrogen-bond acceptors (Lipinski definition) is 3. The van der Waals surface area contributed by atoms with Crippen LogP contribution < -0.4 is 0 Å². The predicted octanol–water partition coefficient (Wildman–Crippen LogP) is 1.48. The lowest BCUT2D eigenvalue weighted by molar-refractivity contribution is 0.0641. The third-order valence-electron chi connectivity index (χ3n) is 2.30. The van der Waals surface area contributed by atoms with Crippen molar-refractivity contribution in [1.29, 1.82) is 0 Å². The van der Waals surface area contributed by atoms with E-state index in [0.717, 1.165) is 4.57 Å². The summed E-state index contributed by atoms with van der Waals surface area (Å²) in [5.74, 6) is 0.336. The zero-order chi connectivity index (χ0) is 12.1. The molecule has 0 radical (unpaired) electrons. The normalized spacial score (nSPS) is 13.7. The van der Waals surface area contributed by atoms with Gasteiger partial charge in [0, 0.05) is 18.9 Å². The monoisotopic (exact) mass is 233 g/mol. The first-order valence-corrected chi connectivity index (χ1v) is 5.17. The minimum Gasteiger partial charge on any atom is -0.393 e. The zero-order valence-electron chi connectivity index (χ0n) is 9.48. The van der Waals surface area contributed by atoms with Crippen LogP contribution in [0.4, 0.5) is 8.78 Å². The summed E-state index contributed by atoms with van der Waals surface area (Å²) >= 11 is 0. The van der Waals surface area contributed by atoms with Crippen molar-refractivity contribution in [1.82, 2.24) is 14.5 Å². The predicted molar refractivity (Wildman–Crippen MR) is 56.1 cm³/mol. The fourth-order valence-corrected chi connectivity index (χ4v) is 1.37. The molecule has 6 heteroatoms. The standard InChI is InChI=1S/C10H17F2N3O/c1-8(16)3-5-14(2)7-9-13-4-6-15(9)10(11)12/h4,6,8,10,16H,3,5,7H2,1-2H3. The largest absolute Gasteiger partial charge is 0.393 e. The molecule has 0 saturated carbocycles. The van der Waals surface area contributed by atoms with Crippen molar-refractivity contribution in [3.05, 3.63) is 18.2 Å². The first-order chi connectivity index (χ1) is 7.50. The number of aliphatic hydroxyl groups excluding tert-OH is 1. The molecule has 92 valence electrons. The summed E-state index contributed by atoms with van der Waals surface area (Å²) < 4.78 is 25.8. The highest BCUT2D eigenvalue weighted by Gasteiger charge is 2.12. The molecule has 0 aliphatic rings. The summed E-state index contributed by atoms with van der Waals surface area (Å²) in [5, 5.41) is 9.10. The Bertz CT molecular complexity index is 315. The van der Waals surface area contributed by atoms with Crippen LogP contribution in [-0.2, 0) is 6.54 Å². The molecule has 1 rings (SSSR count). The van der Waals surface area contributed by atoms with Gasteiger partial charge in [-0.15, -0.1) is 0 Å². The van der Waals surface area contributed by atoms with E-state index in [0.29, 0.717) is 25.3 Å². The van der Waals surface area contributed by atoms with Crippen LogP contribution in [0.2, 0.25) is 0 Å². The molecule has 0 saturated heterocycles. The van der Waals surface area contributed by atoms with Crippen molar-refractivity contribution in [2.24, 2.45) is 0 Å². The minimum absolute atomic E-state index is 0.336. The van der Waals surface area contributed by atoms with Crippen LogP contribution in [0.15, 0.2) is 12.4 Å². The van der Waals surface area contributed by atoms with E-state index in [1.807, 2.05) is 11.9 Å². The molecule has 0 fully saturated rings. The van der Waals surface area contributed by atoms with Crippen molar-refractivity contribution in [3.63, 3.8) is 0 Å². The van der Waals surface area contributed by atoms with Gasteiger partial charge < -0.3 is 5.11 Å². The van der Waals surface area contributed by atoms with Crippen LogP contribution in [0.5, 0.6) is 0 Å². The van der Waals surface area contributed by atoms with Gasteiger partial charge in [-0.2, -0.15) is 8.78 Å². The van der Waals surface area contributed by atoms with E-state index < -0.39 is 6.55 Å². The minimum atomic E-state index is -2.55. The summed E-state index contributed by atoms with van der Waals surface area (Å²) in [4.78, 5) is 5.74. The van der Waals surface area contributed by atoms with Crippen LogP contribution in [0.25, 0.3) is 0 Å². The molecular weight excluding hydrogens is 216 g/mol. The van der Waals surface area contributed by atoms with E-state index >= 15 is 0 Å². The van der Waals surface area contributed by atoms with Gasteiger partial charge in [0.05, 0.1) is 12.6 Å². The molecule has 0 spiro atoms. The molecule has 16 heavy (non-hydrogen) atoms. The molecule has 0 aliphatic heterocycles. The lowest BCUT2D eigenvalue weighted by Gasteiger charge is -2.17. The molecule has 1 atom stereocenters. The Balaban J connectivity index is 2.49. The van der Waals surface area contributed by atoms with Gasteiger partial charge in [-0.3, -0.25) is 9.47 Å². The van der Waals surface area contributed by atoms with Gasteiger partial charge in [0.15, 0.2) is 0 Å². The molecule has 1 unspecified atom stereocenters. The molecule has 0 bridgehead atoms. The Morgan fingerprint density at radius 3 is 2.81 bits per heavy atom. The number of aliphatic hydroxyl groups is 1. The summed E-state index contributed by atoms with van der Waals surface area (Å²) in [6, 6.07) is 0. The molecule has 1 aromatic heterocycles. The number of aromatic nitrogens is 2. The quantitative estimate of drug-likeness (QED) is 0.809. The van der Waals surface area contributed by atoms with Crippen LogP contribution in [-0.4, -0.2) is 39.3 Å². The lowest BCUT2D eigenvalue weighted by Crippen LogP contribution is -2.24. The average molecular weight is 233 g/mol. The topological polar surface area (TPSA) is 41.3 Å². The Morgan fingerprint density at radius 2 is 2.25 bits per heavy atom. The van der Waals surface area contributed by atoms with Gasteiger partial charge in [0.1, 0.15) is 5.82 Å². The second kappa shape index (κ2) is 5.91. The van der Waals surface area contributed by atoms with Gasteiger partial charge in [0.2, 0.25) is 0 Å². The molecule has 0 aromatic carbocycles. The molecule has 1 N–H and O–H groups in total. The van der Waals surface area contributed by atoms with Crippen LogP contribution in [0.1, 0.15) is 25.7 Å². The maximum absolute atomic E-state index is 12.5. The molecule has 0 amide bonds. The van der Waals surface area contributed by atoms with Gasteiger partial charge in [0.25, 0.3) is 0 Å². The number of rotatable bonds is 6. The molecule has 4 nitrogen and oxygen atoms in total. The maximum Gasteiger partial charge on any atom is 0.319 e. The number of halogens is 2. The summed E-state index contributed by atoms with van der Waals surface area (Å²) in [6.45, 7) is 0.147. The lowest BCUT2D eigenvalue weighted by atomic mass is 10.3. The highest BCUT2D eigenvalue weighted by Crippen LogP contribution is 2.13. The van der Waals surface area contributed by atoms with E-state index in [-0.39, 0.29) is 6.10 Å². The van der Waals surface area contributed by atoms with Crippen molar-refractivity contribution in [2.45, 2.75) is 32.5 Å². The zero-order valence-corrected chi connectivity index (χ0v) is 9.48. The Hall–Kier alpha value is -1.01. The van der Waals surface area contributed by atoms with E-state index in [1.54, 1.807) is 6.92 Å². The van der Waals surface area contributed by atoms with Crippen LogP contribution in [0.3, 0.4) is 0 Å². The van der Waals surface area contributed by atoms with Crippen LogP contribution in [0, 0.1) is 0 Å². The average Bonchev–Trinajstić information content (AvgIpc) is 2.62. The second-order valence-corrected chi connectivity index (χ2v) is 3.90. The first-order valence-electron chi connectivity index (χ1n) is 5.17. The third-order valence-corrected chi connectivity index (χ3v) is 2.30. The van der Waals surface area contributed by atoms with Crippen molar-refractivity contribution in [3.8, 4) is 0 Å². The highest BCUT2D eigenvalue weighted by atomic mass is 19.3. The summed E-state index contributed by atoms with van der Waals surface area (Å²) in [7, 11) is 1.81. The Kier molecular flexibility index (Phi) is 4.82. The SMILES string of the molecule is CC(O)CCN(C)Cc1nccn1C(F)F. The Morgan fingerprint density at radius 1 is 1.56 bits per heavy atom. The fourth-order valence-electron chi connectivity index (χ4n) is 1.37. The smallest absolute Gasteiger partial charge is 0.319 e. The van der Waals surface area contributed by atoms with Gasteiger partial charge >= 0.3 is 6.55 Å². The Labute approximate surface area is 93.5 Å². The highest BCUT2D eigenvalue weighted by molar-refractivity contribution is 4.92. The summed E-state index contributed by atoms with van der Waals surface area (Å²) in [5.41, 5.74) is 0. The molecule has 1 heterocycles. The number of alkyl halides is 2. The van der Waals surface area contributed by atoms with Gasteiger partial charge in [-0.1, -0.05) is 0 Å². The van der Waals surface area contributed by atoms with Crippen molar-refractivity contribution < 1.29 is 13.9 Å². The van der Waals surface area contributed by atoms with Crippen molar-refractivity contribution in [2.75, 3.05) is 13.6 Å². The van der Waals surface area contributed by atoms with Gasteiger partial charge in [-0.25, -0.2) is 4.98 Å². The molecule has 0 aliphatic carbocycles. The van der Waals surface area contributed by atoms with E-state index in [1.165, 1.54) is 12.4 Å². The number of imidazole rings is 1. The maximum atomic E-state index is 12.5. The summed E-state index contributed by atoms with van der Waals surface area (Å²) in [6.07, 6.45) is 2.87. The first kappa shape index (κ1) is 13.1. The van der Waals surface area contributed by atoms with Gasteiger partial charge in [-0.05, 0) is 20.4 Å². The molecular formula is C10H17F2N3O. The number of nitrogens with zero attached hydrogens (tertiary/aromatic N) is 3. The van der Waals surface area contributed by atoms with E-state index in [4.69, 9.17) is 5.11 Å². The third kappa shape index (κ3) is 3.86. The second-order valence-electron chi connectivity index (χ2n) is 3.90. The van der Waals surface area contributed by atoms with Crippen LogP contribution >= 0.6 is 0 Å². The number of hydrogen-bond donors (Lipinski definition) is 1. The van der Waals surface area contributed by atoms with Crippen molar-refractivity contribution >= 4 is 0 Å². The molecule has 1 aromatic rings. The van der Waals surface area contributed by atoms with E-state index in [2.05, 4.69) is 4.98 Å².